The van der Waals surface area contributed by atoms with Gasteiger partial charge in [-0.2, -0.15) is 0 Å². The molecule has 37 heavy (non-hydrogen) atoms. The lowest BCUT2D eigenvalue weighted by Crippen LogP contribution is -2.54. The van der Waals surface area contributed by atoms with E-state index in [9.17, 15) is 9.59 Å². The number of hydrogen-bond donors (Lipinski definition) is 0. The number of rotatable bonds is 4. The van der Waals surface area contributed by atoms with E-state index in [4.69, 9.17) is 9.47 Å². The molecule has 0 aliphatic carbocycles. The summed E-state index contributed by atoms with van der Waals surface area (Å²) in [4.78, 5) is 33.2. The Bertz CT molecular complexity index is 1290. The number of fused-ring (bicyclic) bond motifs is 3. The molecule has 0 bridgehead atoms. The summed E-state index contributed by atoms with van der Waals surface area (Å²) in [6.45, 7) is 10.5. The normalized spacial score (nSPS) is 20.5. The summed E-state index contributed by atoms with van der Waals surface area (Å²) in [6, 6.07) is 5.95. The predicted molar refractivity (Wildman–Crippen MR) is 142 cm³/mol. The maximum Gasteiger partial charge on any atom is 0.325 e. The second-order valence-electron chi connectivity index (χ2n) is 10.5. The summed E-state index contributed by atoms with van der Waals surface area (Å²) in [5.74, 6) is 1.64. The third kappa shape index (κ3) is 3.71. The molecule has 1 aromatic carbocycles. The highest BCUT2D eigenvalue weighted by molar-refractivity contribution is 5.96. The molecule has 1 atom stereocenters. The van der Waals surface area contributed by atoms with Crippen molar-refractivity contribution in [3.63, 3.8) is 0 Å². The van der Waals surface area contributed by atoms with Crippen molar-refractivity contribution in [2.24, 2.45) is 7.05 Å². The van der Waals surface area contributed by atoms with E-state index in [-0.39, 0.29) is 17.9 Å². The van der Waals surface area contributed by atoms with Gasteiger partial charge in [0.25, 0.3) is 5.91 Å². The SMILES string of the molecule is CCN1C(=O)N2Cc3cc(OC)cc(OC)c3[C@@H](C)C=C2C12CCN(C(=O)c1cc(C)n(C)c1C)CC2. The zero-order valence-corrected chi connectivity index (χ0v) is 23.1. The second kappa shape index (κ2) is 9.15. The van der Waals surface area contributed by atoms with Crippen LogP contribution in [0, 0.1) is 13.8 Å². The number of aryl methyl sites for hydroxylation is 1. The zero-order valence-electron chi connectivity index (χ0n) is 23.1. The van der Waals surface area contributed by atoms with Crippen LogP contribution < -0.4 is 9.47 Å². The molecule has 8 nitrogen and oxygen atoms in total. The largest absolute Gasteiger partial charge is 0.497 e. The number of carbonyl (C=O) groups is 2. The number of ether oxygens (including phenoxy) is 2. The third-order valence-electron chi connectivity index (χ3n) is 8.79. The van der Waals surface area contributed by atoms with Crippen LogP contribution in [0.15, 0.2) is 30.0 Å². The van der Waals surface area contributed by atoms with Gasteiger partial charge in [0.2, 0.25) is 0 Å². The third-order valence-corrected chi connectivity index (χ3v) is 8.79. The Hall–Kier alpha value is -3.42. The lowest BCUT2D eigenvalue weighted by Gasteiger charge is -2.44. The Labute approximate surface area is 219 Å². The molecule has 0 saturated carbocycles. The number of hydrogen-bond acceptors (Lipinski definition) is 4. The van der Waals surface area contributed by atoms with Gasteiger partial charge in [-0.1, -0.05) is 13.0 Å². The number of amides is 3. The molecule has 3 aliphatic heterocycles. The Balaban J connectivity index is 1.48. The minimum atomic E-state index is -0.419. The number of nitrogens with zero attached hydrogens (tertiary/aromatic N) is 4. The van der Waals surface area contributed by atoms with Crippen molar-refractivity contribution in [1.82, 2.24) is 19.3 Å². The van der Waals surface area contributed by atoms with Gasteiger partial charge in [0, 0.05) is 61.3 Å². The van der Waals surface area contributed by atoms with Crippen molar-refractivity contribution >= 4 is 11.9 Å². The molecule has 2 saturated heterocycles. The number of piperidine rings is 1. The van der Waals surface area contributed by atoms with E-state index in [1.165, 1.54) is 0 Å². The average molecular weight is 507 g/mol. The number of methoxy groups -OCH3 is 2. The highest BCUT2D eigenvalue weighted by Gasteiger charge is 2.55. The summed E-state index contributed by atoms with van der Waals surface area (Å²) in [6.07, 6.45) is 3.68. The fraction of sp³-hybridized carbons (Fsp3) is 0.517. The number of likely N-dealkylation sites (tertiary alicyclic amines) is 1. The van der Waals surface area contributed by atoms with Crippen LogP contribution >= 0.6 is 0 Å². The number of aromatic nitrogens is 1. The van der Waals surface area contributed by atoms with Crippen LogP contribution in [0.25, 0.3) is 0 Å². The van der Waals surface area contributed by atoms with Crippen molar-refractivity contribution in [3.05, 3.63) is 58.1 Å². The maximum atomic E-state index is 13.8. The Morgan fingerprint density at radius 3 is 2.38 bits per heavy atom. The summed E-state index contributed by atoms with van der Waals surface area (Å²) in [5.41, 5.74) is 5.61. The summed E-state index contributed by atoms with van der Waals surface area (Å²) < 4.78 is 13.3. The number of carbonyl (C=O) groups excluding carboxylic acids is 2. The molecule has 4 heterocycles. The van der Waals surface area contributed by atoms with Crippen molar-refractivity contribution in [2.75, 3.05) is 33.9 Å². The molecule has 2 aromatic rings. The first-order valence-corrected chi connectivity index (χ1v) is 13.1. The molecule has 1 aromatic heterocycles. The highest BCUT2D eigenvalue weighted by atomic mass is 16.5. The van der Waals surface area contributed by atoms with Crippen LogP contribution in [0.1, 0.15) is 65.5 Å². The Morgan fingerprint density at radius 2 is 1.81 bits per heavy atom. The van der Waals surface area contributed by atoms with Crippen LogP contribution in [0.2, 0.25) is 0 Å². The molecule has 0 unspecified atom stereocenters. The zero-order chi connectivity index (χ0) is 26.6. The highest BCUT2D eigenvalue weighted by Crippen LogP contribution is 2.49. The summed E-state index contributed by atoms with van der Waals surface area (Å²) >= 11 is 0. The van der Waals surface area contributed by atoms with Crippen molar-refractivity contribution < 1.29 is 19.1 Å². The molecule has 8 heteroatoms. The number of allylic oxidation sites excluding steroid dienone is 1. The second-order valence-corrected chi connectivity index (χ2v) is 10.5. The molecule has 0 N–H and O–H groups in total. The number of likely N-dealkylation sites (N-methyl/N-ethyl adjacent to an activating group) is 1. The topological polar surface area (TPSA) is 67.2 Å². The van der Waals surface area contributed by atoms with E-state index in [0.29, 0.717) is 26.2 Å². The summed E-state index contributed by atoms with van der Waals surface area (Å²) in [7, 11) is 5.31. The maximum absolute atomic E-state index is 13.8. The molecular weight excluding hydrogens is 468 g/mol. The lowest BCUT2D eigenvalue weighted by molar-refractivity contribution is 0.0575. The van der Waals surface area contributed by atoms with Crippen LogP contribution in [-0.4, -0.2) is 70.6 Å². The smallest absolute Gasteiger partial charge is 0.325 e. The molecule has 198 valence electrons. The van der Waals surface area contributed by atoms with Crippen LogP contribution in [0.3, 0.4) is 0 Å². The van der Waals surface area contributed by atoms with E-state index in [2.05, 4.69) is 17.6 Å². The quantitative estimate of drug-likeness (QED) is 0.608. The fourth-order valence-corrected chi connectivity index (χ4v) is 6.59. The number of benzene rings is 1. The van der Waals surface area contributed by atoms with E-state index < -0.39 is 5.54 Å². The van der Waals surface area contributed by atoms with Gasteiger partial charge in [-0.3, -0.25) is 9.69 Å². The molecule has 3 amide bonds. The first-order valence-electron chi connectivity index (χ1n) is 13.1. The van der Waals surface area contributed by atoms with Gasteiger partial charge >= 0.3 is 6.03 Å². The van der Waals surface area contributed by atoms with Crippen molar-refractivity contribution in [2.45, 2.75) is 58.5 Å². The van der Waals surface area contributed by atoms with Crippen LogP contribution in [0.5, 0.6) is 11.5 Å². The minimum absolute atomic E-state index is 0.0323. The van der Waals surface area contributed by atoms with Gasteiger partial charge in [0.15, 0.2) is 0 Å². The standard InChI is InChI=1S/C29H38N4O4/c1-8-33-28(35)32-17-21-15-22(36-6)16-24(37-7)26(21)18(2)13-25(32)29(33)9-11-31(12-10-29)27(34)23-14-19(3)30(5)20(23)4/h13-16,18H,8-12,17H2,1-7H3/t18-/m0/s1. The number of urea groups is 1. The average Bonchev–Trinajstić information content (AvgIpc) is 3.19. The van der Waals surface area contributed by atoms with Gasteiger partial charge in [-0.15, -0.1) is 0 Å². The van der Waals surface area contributed by atoms with Crippen LogP contribution in [0.4, 0.5) is 4.79 Å². The van der Waals surface area contributed by atoms with Gasteiger partial charge in [-0.25, -0.2) is 4.79 Å². The van der Waals surface area contributed by atoms with Crippen molar-refractivity contribution in [3.8, 4) is 11.5 Å². The van der Waals surface area contributed by atoms with Gasteiger partial charge in [0.05, 0.1) is 31.9 Å². The fourth-order valence-electron chi connectivity index (χ4n) is 6.59. The Morgan fingerprint density at radius 1 is 1.11 bits per heavy atom. The molecule has 3 aliphatic rings. The first kappa shape index (κ1) is 25.2. The molecule has 1 spiro atoms. The van der Waals surface area contributed by atoms with E-state index in [1.807, 2.05) is 60.7 Å². The monoisotopic (exact) mass is 506 g/mol. The van der Waals surface area contributed by atoms with Gasteiger partial charge in [-0.05, 0) is 51.3 Å². The van der Waals surface area contributed by atoms with E-state index in [0.717, 1.165) is 58.1 Å². The molecule has 2 fully saturated rings. The predicted octanol–water partition coefficient (Wildman–Crippen LogP) is 4.59. The Kier molecular flexibility index (Phi) is 6.24. The van der Waals surface area contributed by atoms with Crippen LogP contribution in [-0.2, 0) is 13.6 Å². The van der Waals surface area contributed by atoms with Gasteiger partial charge in [0.1, 0.15) is 11.5 Å². The molecule has 5 rings (SSSR count). The lowest BCUT2D eigenvalue weighted by atomic mass is 9.82. The van der Waals surface area contributed by atoms with E-state index in [1.54, 1.807) is 14.2 Å². The van der Waals surface area contributed by atoms with E-state index >= 15 is 0 Å². The summed E-state index contributed by atoms with van der Waals surface area (Å²) in [5, 5.41) is 0. The van der Waals surface area contributed by atoms with Gasteiger partial charge < -0.3 is 23.8 Å². The first-order chi connectivity index (χ1) is 17.7. The minimum Gasteiger partial charge on any atom is -0.497 e. The van der Waals surface area contributed by atoms with Crippen molar-refractivity contribution in [1.29, 1.82) is 0 Å². The molecular formula is C29H38N4O4. The molecule has 0 radical (unpaired) electrons.